The van der Waals surface area contributed by atoms with Crippen LogP contribution in [0.25, 0.3) is 0 Å². The monoisotopic (exact) mass is 294 g/mol. The minimum absolute atomic E-state index is 0.233. The summed E-state index contributed by atoms with van der Waals surface area (Å²) in [4.78, 5) is 29.1. The smallest absolute Gasteiger partial charge is 0.330 e. The molecule has 0 spiro atoms. The molecule has 18 heavy (non-hydrogen) atoms. The van der Waals surface area contributed by atoms with Crippen LogP contribution in [0, 0.1) is 0 Å². The van der Waals surface area contributed by atoms with Crippen LogP contribution in [0.15, 0.2) is 5.16 Å². The van der Waals surface area contributed by atoms with Crippen LogP contribution in [0.4, 0.5) is 9.59 Å². The molecule has 0 aromatic carbocycles. The zero-order valence-corrected chi connectivity index (χ0v) is 13.0. The van der Waals surface area contributed by atoms with Crippen LogP contribution < -0.4 is 0 Å². The molecule has 0 aliphatic rings. The predicted molar refractivity (Wildman–Crippen MR) is 75.3 cm³/mol. The number of urea groups is 1. The van der Waals surface area contributed by atoms with E-state index in [1.807, 2.05) is 6.26 Å². The minimum atomic E-state index is -0.646. The number of hydrogen-bond acceptors (Lipinski definition) is 6. The van der Waals surface area contributed by atoms with Crippen molar-refractivity contribution in [2.45, 2.75) is 6.92 Å². The summed E-state index contributed by atoms with van der Waals surface area (Å²) >= 11 is 2.31. The van der Waals surface area contributed by atoms with Gasteiger partial charge in [0.2, 0.25) is 0 Å². The number of oxime groups is 1. The van der Waals surface area contributed by atoms with Gasteiger partial charge in [0.1, 0.15) is 5.04 Å². The summed E-state index contributed by atoms with van der Waals surface area (Å²) in [5.74, 6) is 0. The number of carbonyl (C=O) groups excluding carboxylic acids is 2. The second-order valence-electron chi connectivity index (χ2n) is 3.43. The van der Waals surface area contributed by atoms with Gasteiger partial charge in [0.15, 0.2) is 0 Å². The van der Waals surface area contributed by atoms with Crippen molar-refractivity contribution in [2.75, 3.05) is 34.4 Å². The predicted octanol–water partition coefficient (Wildman–Crippen LogP) is 1.93. The third-order valence-electron chi connectivity index (χ3n) is 1.70. The van der Waals surface area contributed by atoms with Crippen LogP contribution >= 0.6 is 23.9 Å². The molecule has 0 atom stereocenters. The maximum absolute atomic E-state index is 11.5. The summed E-state index contributed by atoms with van der Waals surface area (Å²) in [7, 11) is 6.32. The Balaban J connectivity index is 4.28. The fourth-order valence-corrected chi connectivity index (χ4v) is 1.54. The lowest BCUT2D eigenvalue weighted by atomic mass is 10.8. The van der Waals surface area contributed by atoms with E-state index in [1.54, 1.807) is 28.1 Å². The summed E-state index contributed by atoms with van der Waals surface area (Å²) in [5.41, 5.74) is 0. The van der Waals surface area contributed by atoms with Gasteiger partial charge in [-0.05, 0) is 13.2 Å². The molecule has 0 unspecified atom stereocenters. The van der Waals surface area contributed by atoms with Gasteiger partial charge >= 0.3 is 12.1 Å². The van der Waals surface area contributed by atoms with E-state index >= 15 is 0 Å². The Kier molecular flexibility index (Phi) is 7.60. The van der Waals surface area contributed by atoms with Gasteiger partial charge in [-0.3, -0.25) is 9.14 Å². The highest BCUT2D eigenvalue weighted by atomic mass is 32.2. The molecule has 0 aliphatic carbocycles. The van der Waals surface area contributed by atoms with E-state index in [0.717, 1.165) is 12.1 Å². The molecule has 0 heterocycles. The number of amides is 3. The maximum atomic E-state index is 11.5. The van der Waals surface area contributed by atoms with Gasteiger partial charge in [-0.2, -0.15) is 0 Å². The topological polar surface area (TPSA) is 65.5 Å². The zero-order valence-electron chi connectivity index (χ0n) is 11.3. The number of nitrogens with zero attached hydrogens (tertiary/aromatic N) is 4. The van der Waals surface area contributed by atoms with E-state index in [-0.39, 0.29) is 6.03 Å². The molecule has 0 radical (unpaired) electrons. The molecule has 9 heteroatoms. The molecule has 0 fully saturated rings. The molecule has 0 aromatic rings. The fraction of sp³-hybridized carbons (Fsp3) is 0.667. The molecule has 3 amide bonds. The van der Waals surface area contributed by atoms with Crippen molar-refractivity contribution >= 4 is 41.1 Å². The number of thioether (sulfide) groups is 1. The summed E-state index contributed by atoms with van der Waals surface area (Å²) in [6.07, 6.45) is 1.18. The van der Waals surface area contributed by atoms with Crippen LogP contribution in [0.2, 0.25) is 0 Å². The van der Waals surface area contributed by atoms with Gasteiger partial charge in [-0.25, -0.2) is 13.9 Å². The van der Waals surface area contributed by atoms with Crippen molar-refractivity contribution in [2.24, 2.45) is 5.16 Å². The lowest BCUT2D eigenvalue weighted by molar-refractivity contribution is 0.136. The Morgan fingerprint density at radius 2 is 1.67 bits per heavy atom. The average Bonchev–Trinajstić information content (AvgIpc) is 2.33. The van der Waals surface area contributed by atoms with E-state index in [9.17, 15) is 9.59 Å². The molecular formula is C9H18N4O3S2. The number of carbonyl (C=O) groups is 2. The molecule has 0 aromatic heterocycles. The number of hydrogen-bond donors (Lipinski definition) is 0. The second-order valence-corrected chi connectivity index (χ2v) is 5.68. The largest absolute Gasteiger partial charge is 0.447 e. The molecule has 0 saturated carbocycles. The van der Waals surface area contributed by atoms with E-state index in [2.05, 4.69) is 9.99 Å². The first-order chi connectivity index (χ1) is 8.29. The van der Waals surface area contributed by atoms with E-state index < -0.39 is 6.09 Å². The Morgan fingerprint density at radius 3 is 2.11 bits per heavy atom. The Morgan fingerprint density at radius 1 is 1.11 bits per heavy atom. The highest BCUT2D eigenvalue weighted by molar-refractivity contribution is 8.13. The van der Waals surface area contributed by atoms with Gasteiger partial charge in [0.05, 0.1) is 12.1 Å². The van der Waals surface area contributed by atoms with E-state index in [1.165, 1.54) is 32.3 Å². The molecule has 0 bridgehead atoms. The van der Waals surface area contributed by atoms with Crippen LogP contribution in [-0.2, 0) is 4.84 Å². The normalized spacial score (nSPS) is 10.9. The summed E-state index contributed by atoms with van der Waals surface area (Å²) < 4.78 is 2.49. The molecule has 0 saturated heterocycles. The SMILES string of the molecule is CS/C(C)=N/OC(=O)N(C)SN(C)C(=O)N(C)C. The van der Waals surface area contributed by atoms with Crippen molar-refractivity contribution in [3.63, 3.8) is 0 Å². The third-order valence-corrected chi connectivity index (χ3v) is 3.16. The molecule has 0 aliphatic heterocycles. The van der Waals surface area contributed by atoms with Gasteiger partial charge in [0, 0.05) is 28.2 Å². The van der Waals surface area contributed by atoms with Gasteiger partial charge < -0.3 is 4.90 Å². The first-order valence-electron chi connectivity index (χ1n) is 4.96. The highest BCUT2D eigenvalue weighted by Crippen LogP contribution is 2.14. The number of rotatable bonds is 3. The van der Waals surface area contributed by atoms with Gasteiger partial charge in [0.25, 0.3) is 0 Å². The molecular weight excluding hydrogens is 276 g/mol. The quantitative estimate of drug-likeness (QED) is 0.262. The molecule has 0 N–H and O–H groups in total. The van der Waals surface area contributed by atoms with Crippen molar-refractivity contribution in [1.82, 2.24) is 13.5 Å². The second kappa shape index (κ2) is 8.09. The van der Waals surface area contributed by atoms with Crippen molar-refractivity contribution < 1.29 is 14.4 Å². The zero-order chi connectivity index (χ0) is 14.3. The minimum Gasteiger partial charge on any atom is -0.330 e. The van der Waals surface area contributed by atoms with Gasteiger partial charge in [-0.1, -0.05) is 5.16 Å². The van der Waals surface area contributed by atoms with Crippen molar-refractivity contribution in [3.8, 4) is 0 Å². The lowest BCUT2D eigenvalue weighted by Crippen LogP contribution is -2.35. The van der Waals surface area contributed by atoms with E-state index in [4.69, 9.17) is 0 Å². The van der Waals surface area contributed by atoms with E-state index in [0.29, 0.717) is 5.04 Å². The summed E-state index contributed by atoms with van der Waals surface area (Å²) in [6.45, 7) is 1.73. The first kappa shape index (κ1) is 16.9. The van der Waals surface area contributed by atoms with Crippen LogP contribution in [-0.4, -0.2) is 65.1 Å². The Bertz CT molecular complexity index is 336. The maximum Gasteiger partial charge on any atom is 0.447 e. The lowest BCUT2D eigenvalue weighted by Gasteiger charge is -2.23. The summed E-state index contributed by atoms with van der Waals surface area (Å²) in [5, 5.41) is 4.25. The molecule has 7 nitrogen and oxygen atoms in total. The first-order valence-corrected chi connectivity index (χ1v) is 6.91. The van der Waals surface area contributed by atoms with Crippen LogP contribution in [0.3, 0.4) is 0 Å². The average molecular weight is 294 g/mol. The van der Waals surface area contributed by atoms with Crippen molar-refractivity contribution in [1.29, 1.82) is 0 Å². The van der Waals surface area contributed by atoms with Gasteiger partial charge in [-0.15, -0.1) is 11.8 Å². The standard InChI is InChI=1S/C9H18N4O3S2/c1-7(17-6)10-16-9(15)13(5)18-12(4)8(14)11(2)3/h1-6H3/b10-7+. The fourth-order valence-electron chi connectivity index (χ4n) is 0.732. The summed E-state index contributed by atoms with van der Waals surface area (Å²) in [6, 6.07) is -0.233. The Labute approximate surface area is 116 Å². The van der Waals surface area contributed by atoms with Crippen LogP contribution in [0.1, 0.15) is 6.92 Å². The molecule has 0 rings (SSSR count). The van der Waals surface area contributed by atoms with Crippen molar-refractivity contribution in [3.05, 3.63) is 0 Å². The van der Waals surface area contributed by atoms with Crippen LogP contribution in [0.5, 0.6) is 0 Å². The Hall–Kier alpha value is -1.09. The third kappa shape index (κ3) is 6.01. The molecule has 104 valence electrons. The highest BCUT2D eigenvalue weighted by Gasteiger charge is 2.18.